The van der Waals surface area contributed by atoms with Crippen LogP contribution in [0.15, 0.2) is 6.33 Å². The zero-order chi connectivity index (χ0) is 15.2. The highest BCUT2D eigenvalue weighted by atomic mass is 16.6. The Morgan fingerprint density at radius 2 is 2.00 bits per heavy atom. The van der Waals surface area contributed by atoms with Crippen LogP contribution in [0.1, 0.15) is 26.2 Å². The first kappa shape index (κ1) is 15.4. The van der Waals surface area contributed by atoms with Crippen molar-refractivity contribution in [2.45, 2.75) is 32.2 Å². The average molecular weight is 294 g/mol. The molecule has 0 aliphatic carbocycles. The molecule has 0 amide bonds. The molecular weight excluding hydrogens is 272 g/mol. The summed E-state index contributed by atoms with van der Waals surface area (Å²) in [6.07, 6.45) is 5.07. The molecule has 116 valence electrons. The highest BCUT2D eigenvalue weighted by molar-refractivity contribution is 5.69. The van der Waals surface area contributed by atoms with Gasteiger partial charge in [-0.1, -0.05) is 6.42 Å². The van der Waals surface area contributed by atoms with Crippen LogP contribution >= 0.6 is 0 Å². The minimum Gasteiger partial charge on any atom is -0.367 e. The van der Waals surface area contributed by atoms with E-state index in [1.165, 1.54) is 25.6 Å². The average Bonchev–Trinajstić information content (AvgIpc) is 2.47. The maximum atomic E-state index is 11.2. The number of nitro groups is 1. The van der Waals surface area contributed by atoms with Crippen LogP contribution in [0, 0.1) is 10.1 Å². The van der Waals surface area contributed by atoms with Crippen molar-refractivity contribution in [1.82, 2.24) is 14.9 Å². The minimum atomic E-state index is -0.457. The van der Waals surface area contributed by atoms with Gasteiger partial charge in [0.2, 0.25) is 11.6 Å². The minimum absolute atomic E-state index is 0.0846. The third-order valence-corrected chi connectivity index (χ3v) is 3.61. The molecule has 1 aromatic rings. The number of nitrogens with one attached hydrogen (secondary N) is 2. The molecule has 1 aromatic heterocycles. The van der Waals surface area contributed by atoms with Crippen LogP contribution in [0.25, 0.3) is 0 Å². The fourth-order valence-electron chi connectivity index (χ4n) is 2.65. The quantitative estimate of drug-likeness (QED) is 0.609. The molecule has 0 spiro atoms. The van der Waals surface area contributed by atoms with Gasteiger partial charge >= 0.3 is 5.69 Å². The van der Waals surface area contributed by atoms with Crippen LogP contribution in [0.4, 0.5) is 17.3 Å². The molecule has 1 unspecified atom stereocenters. The van der Waals surface area contributed by atoms with E-state index in [1.54, 1.807) is 7.05 Å². The van der Waals surface area contributed by atoms with E-state index in [0.717, 1.165) is 19.6 Å². The number of likely N-dealkylation sites (tertiary alicyclic amines) is 1. The van der Waals surface area contributed by atoms with E-state index in [4.69, 9.17) is 0 Å². The zero-order valence-corrected chi connectivity index (χ0v) is 12.5. The van der Waals surface area contributed by atoms with E-state index in [9.17, 15) is 10.1 Å². The lowest BCUT2D eigenvalue weighted by molar-refractivity contribution is -0.383. The van der Waals surface area contributed by atoms with E-state index in [2.05, 4.69) is 25.5 Å². The van der Waals surface area contributed by atoms with Gasteiger partial charge in [0.1, 0.15) is 6.33 Å². The molecule has 2 N–H and O–H groups in total. The molecule has 8 heteroatoms. The van der Waals surface area contributed by atoms with Crippen LogP contribution in [0.2, 0.25) is 0 Å². The van der Waals surface area contributed by atoms with Crippen molar-refractivity contribution in [1.29, 1.82) is 0 Å². The van der Waals surface area contributed by atoms with E-state index in [0.29, 0.717) is 0 Å². The Kier molecular flexibility index (Phi) is 5.26. The lowest BCUT2D eigenvalue weighted by Crippen LogP contribution is -2.38. The monoisotopic (exact) mass is 294 g/mol. The first-order valence-corrected chi connectivity index (χ1v) is 7.28. The Labute approximate surface area is 124 Å². The normalized spacial score (nSPS) is 17.2. The van der Waals surface area contributed by atoms with Crippen molar-refractivity contribution in [2.75, 3.05) is 37.3 Å². The summed E-state index contributed by atoms with van der Waals surface area (Å²) in [6.45, 7) is 5.06. The summed E-state index contributed by atoms with van der Waals surface area (Å²) in [7, 11) is 1.61. The van der Waals surface area contributed by atoms with E-state index in [1.807, 2.05) is 6.92 Å². The van der Waals surface area contributed by atoms with Gasteiger partial charge in [-0.15, -0.1) is 0 Å². The Balaban J connectivity index is 2.05. The first-order chi connectivity index (χ1) is 10.1. The highest BCUT2D eigenvalue weighted by Gasteiger charge is 2.23. The van der Waals surface area contributed by atoms with E-state index in [-0.39, 0.29) is 23.4 Å². The Morgan fingerprint density at radius 1 is 1.33 bits per heavy atom. The first-order valence-electron chi connectivity index (χ1n) is 7.28. The smallest absolute Gasteiger partial charge is 0.353 e. The van der Waals surface area contributed by atoms with E-state index >= 15 is 0 Å². The van der Waals surface area contributed by atoms with Gasteiger partial charge in [0.05, 0.1) is 4.92 Å². The van der Waals surface area contributed by atoms with Gasteiger partial charge in [-0.2, -0.15) is 0 Å². The lowest BCUT2D eigenvalue weighted by atomic mass is 10.1. The second-order valence-electron chi connectivity index (χ2n) is 5.33. The molecule has 2 rings (SSSR count). The molecule has 1 fully saturated rings. The Hall–Kier alpha value is -1.96. The summed E-state index contributed by atoms with van der Waals surface area (Å²) in [6, 6.07) is 0.0846. The Morgan fingerprint density at radius 3 is 2.62 bits per heavy atom. The van der Waals surface area contributed by atoms with E-state index < -0.39 is 4.92 Å². The molecule has 8 nitrogen and oxygen atoms in total. The second-order valence-corrected chi connectivity index (χ2v) is 5.33. The standard InChI is InChI=1S/C13H22N6O2/c1-10(8-18-6-4-3-5-7-18)17-13-11(19(20)21)12(14-2)15-9-16-13/h9-10H,3-8H2,1-2H3,(H2,14,15,16,17). The Bertz CT molecular complexity index is 490. The zero-order valence-electron chi connectivity index (χ0n) is 12.5. The lowest BCUT2D eigenvalue weighted by Gasteiger charge is -2.29. The maximum absolute atomic E-state index is 11.2. The van der Waals surface area contributed by atoms with Gasteiger partial charge in [-0.3, -0.25) is 10.1 Å². The van der Waals surface area contributed by atoms with Gasteiger partial charge < -0.3 is 15.5 Å². The molecule has 0 saturated carbocycles. The van der Waals surface area contributed by atoms with Crippen molar-refractivity contribution in [2.24, 2.45) is 0 Å². The molecule has 1 aliphatic rings. The topological polar surface area (TPSA) is 96.2 Å². The van der Waals surface area contributed by atoms with Crippen LogP contribution in [0.5, 0.6) is 0 Å². The van der Waals surface area contributed by atoms with Crippen LogP contribution in [0.3, 0.4) is 0 Å². The van der Waals surface area contributed by atoms with Crippen molar-refractivity contribution in [3.63, 3.8) is 0 Å². The number of nitrogens with zero attached hydrogens (tertiary/aromatic N) is 4. The molecule has 2 heterocycles. The summed E-state index contributed by atoms with van der Waals surface area (Å²) >= 11 is 0. The number of rotatable bonds is 6. The van der Waals surface area contributed by atoms with Gasteiger partial charge in [0, 0.05) is 19.6 Å². The third-order valence-electron chi connectivity index (χ3n) is 3.61. The van der Waals surface area contributed by atoms with Crippen molar-refractivity contribution < 1.29 is 4.92 Å². The molecule has 21 heavy (non-hydrogen) atoms. The summed E-state index contributed by atoms with van der Waals surface area (Å²) in [5, 5.41) is 17.1. The van der Waals surface area contributed by atoms with Gasteiger partial charge in [0.25, 0.3) is 0 Å². The maximum Gasteiger partial charge on any atom is 0.353 e. The predicted molar refractivity (Wildman–Crippen MR) is 81.6 cm³/mol. The summed E-state index contributed by atoms with van der Waals surface area (Å²) in [5.41, 5.74) is -0.106. The third kappa shape index (κ3) is 4.01. The number of piperidine rings is 1. The van der Waals surface area contributed by atoms with Crippen molar-refractivity contribution in [3.8, 4) is 0 Å². The molecule has 1 aliphatic heterocycles. The molecule has 0 radical (unpaired) electrons. The molecule has 0 aromatic carbocycles. The fourth-order valence-corrected chi connectivity index (χ4v) is 2.65. The number of hydrogen-bond acceptors (Lipinski definition) is 7. The van der Waals surface area contributed by atoms with Crippen molar-refractivity contribution >= 4 is 17.3 Å². The largest absolute Gasteiger partial charge is 0.367 e. The summed E-state index contributed by atoms with van der Waals surface area (Å²) in [4.78, 5) is 21.0. The fraction of sp³-hybridized carbons (Fsp3) is 0.692. The SMILES string of the molecule is CNc1ncnc(NC(C)CN2CCCCC2)c1[N+](=O)[O-]. The molecular formula is C13H22N6O2. The molecule has 1 saturated heterocycles. The number of aromatic nitrogens is 2. The molecule has 1 atom stereocenters. The van der Waals surface area contributed by atoms with Crippen LogP contribution < -0.4 is 10.6 Å². The van der Waals surface area contributed by atoms with Gasteiger partial charge in [-0.05, 0) is 32.9 Å². The van der Waals surface area contributed by atoms with Crippen molar-refractivity contribution in [3.05, 3.63) is 16.4 Å². The summed E-state index contributed by atoms with van der Waals surface area (Å²) in [5.74, 6) is 0.492. The number of hydrogen-bond donors (Lipinski definition) is 2. The van der Waals surface area contributed by atoms with Crippen LogP contribution in [-0.4, -0.2) is 52.5 Å². The second kappa shape index (κ2) is 7.16. The summed E-state index contributed by atoms with van der Waals surface area (Å²) < 4.78 is 0. The van der Waals surface area contributed by atoms with Crippen LogP contribution in [-0.2, 0) is 0 Å². The highest BCUT2D eigenvalue weighted by Crippen LogP contribution is 2.28. The van der Waals surface area contributed by atoms with Gasteiger partial charge in [-0.25, -0.2) is 9.97 Å². The molecule has 0 bridgehead atoms. The predicted octanol–water partition coefficient (Wildman–Crippen LogP) is 1.71. The number of anilines is 2. The van der Waals surface area contributed by atoms with Gasteiger partial charge in [0.15, 0.2) is 0 Å².